The first kappa shape index (κ1) is 14.3. The maximum absolute atomic E-state index is 12.6. The number of aryl methyl sites for hydroxylation is 2. The van der Waals surface area contributed by atoms with Crippen molar-refractivity contribution in [3.8, 4) is 0 Å². The quantitative estimate of drug-likeness (QED) is 0.613. The molecule has 0 aliphatic carbocycles. The molecule has 0 fully saturated rings. The van der Waals surface area contributed by atoms with Gasteiger partial charge in [-0.1, -0.05) is 6.07 Å². The molecule has 0 saturated carbocycles. The van der Waals surface area contributed by atoms with Gasteiger partial charge in [0.15, 0.2) is 11.3 Å². The Kier molecular flexibility index (Phi) is 3.23. The van der Waals surface area contributed by atoms with Gasteiger partial charge in [-0.05, 0) is 25.1 Å². The first-order valence-corrected chi connectivity index (χ1v) is 7.49. The highest BCUT2D eigenvalue weighted by Crippen LogP contribution is 2.16. The highest BCUT2D eigenvalue weighted by molar-refractivity contribution is 6.04. The van der Waals surface area contributed by atoms with Crippen molar-refractivity contribution in [1.29, 1.82) is 0 Å². The van der Waals surface area contributed by atoms with Gasteiger partial charge in [0.05, 0.1) is 17.8 Å². The van der Waals surface area contributed by atoms with Crippen LogP contribution in [-0.2, 0) is 13.6 Å². The number of nitrogens with one attached hydrogen (secondary N) is 1. The van der Waals surface area contributed by atoms with Gasteiger partial charge < -0.3 is 9.88 Å². The number of carbonyl (C=O) groups is 1. The Morgan fingerprint density at radius 1 is 1.25 bits per heavy atom. The van der Waals surface area contributed by atoms with Gasteiger partial charge in [0.2, 0.25) is 0 Å². The fraction of sp³-hybridized carbons (Fsp3) is 0.188. The molecule has 0 spiro atoms. The molecule has 0 saturated heterocycles. The topological polar surface area (TPSA) is 90.0 Å². The molecule has 8 nitrogen and oxygen atoms in total. The number of hydrogen-bond donors (Lipinski definition) is 1. The highest BCUT2D eigenvalue weighted by Gasteiger charge is 2.15. The molecule has 120 valence electrons. The predicted molar refractivity (Wildman–Crippen MR) is 87.4 cm³/mol. The lowest BCUT2D eigenvalue weighted by Gasteiger charge is -2.07. The van der Waals surface area contributed by atoms with Crippen LogP contribution in [0.2, 0.25) is 0 Å². The van der Waals surface area contributed by atoms with E-state index in [4.69, 9.17) is 0 Å². The minimum absolute atomic E-state index is 0.197. The first-order chi connectivity index (χ1) is 11.6. The molecule has 1 N–H and O–H groups in total. The number of hydrogen-bond acceptors (Lipinski definition) is 5. The van der Waals surface area contributed by atoms with Gasteiger partial charge in [0.25, 0.3) is 5.91 Å². The van der Waals surface area contributed by atoms with Crippen LogP contribution in [0.3, 0.4) is 0 Å². The first-order valence-electron chi connectivity index (χ1n) is 7.49. The van der Waals surface area contributed by atoms with Gasteiger partial charge in [-0.25, -0.2) is 19.5 Å². The number of nitrogens with zero attached hydrogens (tertiary/aromatic N) is 6. The Hall–Kier alpha value is -3.29. The highest BCUT2D eigenvalue weighted by atomic mass is 16.1. The summed E-state index contributed by atoms with van der Waals surface area (Å²) in [6.45, 7) is 2.23. The maximum atomic E-state index is 12.6. The predicted octanol–water partition coefficient (Wildman–Crippen LogP) is 1.25. The summed E-state index contributed by atoms with van der Waals surface area (Å²) in [6, 6.07) is 7.33. The van der Waals surface area contributed by atoms with E-state index in [9.17, 15) is 4.79 Å². The lowest BCUT2D eigenvalue weighted by Crippen LogP contribution is -2.24. The van der Waals surface area contributed by atoms with Crippen molar-refractivity contribution in [3.63, 3.8) is 0 Å². The van der Waals surface area contributed by atoms with Crippen LogP contribution in [0.25, 0.3) is 16.8 Å². The van der Waals surface area contributed by atoms with Gasteiger partial charge in [-0.3, -0.25) is 4.79 Å². The fourth-order valence-electron chi connectivity index (χ4n) is 2.67. The molecule has 1 amide bonds. The molecule has 0 atom stereocenters. The Morgan fingerprint density at radius 3 is 3.00 bits per heavy atom. The molecule has 0 radical (unpaired) electrons. The largest absolute Gasteiger partial charge is 0.346 e. The molecule has 0 unspecified atom stereocenters. The van der Waals surface area contributed by atoms with E-state index in [0.29, 0.717) is 23.3 Å². The molecule has 0 bridgehead atoms. The van der Waals surface area contributed by atoms with Crippen molar-refractivity contribution in [2.24, 2.45) is 7.05 Å². The van der Waals surface area contributed by atoms with Crippen LogP contribution in [0.1, 0.15) is 21.9 Å². The Balaban J connectivity index is 1.63. The second-order valence-corrected chi connectivity index (χ2v) is 5.48. The zero-order chi connectivity index (χ0) is 16.7. The van der Waals surface area contributed by atoms with Gasteiger partial charge >= 0.3 is 0 Å². The third kappa shape index (κ3) is 2.19. The number of fused-ring (bicyclic) bond motifs is 2. The number of aromatic nitrogens is 6. The van der Waals surface area contributed by atoms with E-state index in [2.05, 4.69) is 25.4 Å². The van der Waals surface area contributed by atoms with Gasteiger partial charge in [-0.2, -0.15) is 5.10 Å². The van der Waals surface area contributed by atoms with Crippen LogP contribution in [0.5, 0.6) is 0 Å². The summed E-state index contributed by atoms with van der Waals surface area (Å²) in [5.41, 5.74) is 3.40. The molecule has 8 heteroatoms. The van der Waals surface area contributed by atoms with Gasteiger partial charge in [0, 0.05) is 13.2 Å². The van der Waals surface area contributed by atoms with E-state index in [1.165, 1.54) is 6.33 Å². The summed E-state index contributed by atoms with van der Waals surface area (Å²) in [7, 11) is 1.88. The average molecular weight is 321 g/mol. The summed E-state index contributed by atoms with van der Waals surface area (Å²) in [5, 5.41) is 7.08. The summed E-state index contributed by atoms with van der Waals surface area (Å²) in [5.74, 6) is 0.614. The van der Waals surface area contributed by atoms with E-state index in [0.717, 1.165) is 17.2 Å². The van der Waals surface area contributed by atoms with E-state index in [1.807, 2.05) is 36.7 Å². The minimum Gasteiger partial charge on any atom is -0.346 e. The van der Waals surface area contributed by atoms with Gasteiger partial charge in [0.1, 0.15) is 17.7 Å². The monoisotopic (exact) mass is 321 g/mol. The lowest BCUT2D eigenvalue weighted by molar-refractivity contribution is 0.0951. The number of amides is 1. The van der Waals surface area contributed by atoms with Crippen LogP contribution in [0.4, 0.5) is 0 Å². The zero-order valence-electron chi connectivity index (χ0n) is 13.3. The fourth-order valence-corrected chi connectivity index (χ4v) is 2.67. The van der Waals surface area contributed by atoms with Crippen LogP contribution in [0.15, 0.2) is 36.8 Å². The van der Waals surface area contributed by atoms with E-state index < -0.39 is 0 Å². The van der Waals surface area contributed by atoms with E-state index >= 15 is 0 Å². The minimum atomic E-state index is -0.197. The number of imidazole rings is 1. The lowest BCUT2D eigenvalue weighted by atomic mass is 10.2. The van der Waals surface area contributed by atoms with E-state index in [1.54, 1.807) is 16.8 Å². The molecule has 4 heterocycles. The van der Waals surface area contributed by atoms with Crippen molar-refractivity contribution < 1.29 is 4.79 Å². The van der Waals surface area contributed by atoms with Crippen LogP contribution in [0, 0.1) is 6.92 Å². The SMILES string of the molecule is Cc1nc2c(C(=O)NCc3cccc4ncnn34)ccnc2n1C. The van der Waals surface area contributed by atoms with Crippen LogP contribution >= 0.6 is 0 Å². The molecule has 0 aromatic carbocycles. The van der Waals surface area contributed by atoms with Crippen LogP contribution < -0.4 is 5.32 Å². The molecular formula is C16H15N7O. The summed E-state index contributed by atoms with van der Waals surface area (Å²) < 4.78 is 3.57. The van der Waals surface area contributed by atoms with Crippen molar-refractivity contribution in [2.45, 2.75) is 13.5 Å². The summed E-state index contributed by atoms with van der Waals surface area (Å²) in [4.78, 5) is 25.5. The molecule has 0 aliphatic heterocycles. The molecular weight excluding hydrogens is 306 g/mol. The van der Waals surface area contributed by atoms with Crippen molar-refractivity contribution in [3.05, 3.63) is 53.9 Å². The van der Waals surface area contributed by atoms with Gasteiger partial charge in [-0.15, -0.1) is 0 Å². The Morgan fingerprint density at radius 2 is 2.12 bits per heavy atom. The molecule has 4 aromatic heterocycles. The molecule has 24 heavy (non-hydrogen) atoms. The maximum Gasteiger partial charge on any atom is 0.253 e. The molecule has 4 rings (SSSR count). The Labute approximate surface area is 137 Å². The average Bonchev–Trinajstić information content (AvgIpc) is 3.18. The normalized spacial score (nSPS) is 11.2. The standard InChI is InChI=1S/C16H15N7O/c1-10-21-14-12(6-7-17-15(14)22(10)2)16(24)18-8-11-4-3-5-13-19-9-20-23(11)13/h3-7,9H,8H2,1-2H3,(H,18,24). The second kappa shape index (κ2) is 5.41. The third-order valence-corrected chi connectivity index (χ3v) is 4.04. The number of rotatable bonds is 3. The smallest absolute Gasteiger partial charge is 0.253 e. The second-order valence-electron chi connectivity index (χ2n) is 5.48. The molecule has 4 aromatic rings. The van der Waals surface area contributed by atoms with E-state index in [-0.39, 0.29) is 5.91 Å². The molecule has 0 aliphatic rings. The summed E-state index contributed by atoms with van der Waals surface area (Å²) >= 11 is 0. The number of pyridine rings is 2. The number of carbonyl (C=O) groups excluding carboxylic acids is 1. The Bertz CT molecular complexity index is 1060. The zero-order valence-corrected chi connectivity index (χ0v) is 13.3. The van der Waals surface area contributed by atoms with Crippen molar-refractivity contribution >= 4 is 22.7 Å². The summed E-state index contributed by atoms with van der Waals surface area (Å²) in [6.07, 6.45) is 3.11. The van der Waals surface area contributed by atoms with Crippen molar-refractivity contribution in [2.75, 3.05) is 0 Å². The third-order valence-electron chi connectivity index (χ3n) is 4.04. The van der Waals surface area contributed by atoms with Crippen LogP contribution in [-0.4, -0.2) is 35.0 Å². The van der Waals surface area contributed by atoms with Crippen molar-refractivity contribution in [1.82, 2.24) is 34.4 Å².